The maximum absolute atomic E-state index is 11.4. The van der Waals surface area contributed by atoms with Crippen molar-refractivity contribution in [3.63, 3.8) is 0 Å². The molecule has 0 saturated heterocycles. The quantitative estimate of drug-likeness (QED) is 0.631. The zero-order valence-electron chi connectivity index (χ0n) is 10.3. The highest BCUT2D eigenvalue weighted by molar-refractivity contribution is 5.73. The third-order valence-corrected chi connectivity index (χ3v) is 2.67. The van der Waals surface area contributed by atoms with Gasteiger partial charge in [-0.3, -0.25) is 4.79 Å². The van der Waals surface area contributed by atoms with E-state index in [9.17, 15) is 9.90 Å². The summed E-state index contributed by atoms with van der Waals surface area (Å²) in [7, 11) is 0. The van der Waals surface area contributed by atoms with Gasteiger partial charge in [0.25, 0.3) is 0 Å². The number of ether oxygens (including phenoxy) is 1. The van der Waals surface area contributed by atoms with Gasteiger partial charge >= 0.3 is 5.97 Å². The fraction of sp³-hybridized carbons (Fsp3) is 0.462. The first-order valence-electron chi connectivity index (χ1n) is 5.47. The van der Waals surface area contributed by atoms with Crippen LogP contribution in [0, 0.1) is 20.8 Å². The van der Waals surface area contributed by atoms with Gasteiger partial charge in [-0.25, -0.2) is 0 Å². The third kappa shape index (κ3) is 2.54. The molecule has 0 amide bonds. The van der Waals surface area contributed by atoms with Crippen LogP contribution in [0.3, 0.4) is 0 Å². The molecule has 0 unspecified atom stereocenters. The molecular formula is C13H18O3. The molecule has 0 atom stereocenters. The number of phenols is 1. The lowest BCUT2D eigenvalue weighted by molar-refractivity contribution is -0.134. The first kappa shape index (κ1) is 12.6. The number of phenolic OH excluding ortho intramolecular Hbond substituents is 1. The minimum absolute atomic E-state index is 0.223. The van der Waals surface area contributed by atoms with Crippen molar-refractivity contribution in [2.75, 3.05) is 0 Å². The van der Waals surface area contributed by atoms with Gasteiger partial charge in [0.1, 0.15) is 11.5 Å². The van der Waals surface area contributed by atoms with Crippen LogP contribution in [-0.2, 0) is 4.79 Å². The normalized spacial score (nSPS) is 10.2. The lowest BCUT2D eigenvalue weighted by Crippen LogP contribution is -2.09. The molecule has 0 saturated carbocycles. The molecule has 3 heteroatoms. The van der Waals surface area contributed by atoms with Crippen LogP contribution in [0.4, 0.5) is 0 Å². The molecule has 0 aliphatic carbocycles. The van der Waals surface area contributed by atoms with Crippen molar-refractivity contribution in [2.24, 2.45) is 0 Å². The molecule has 0 fully saturated rings. The van der Waals surface area contributed by atoms with E-state index >= 15 is 0 Å². The second kappa shape index (κ2) is 5.01. The predicted octanol–water partition coefficient (Wildman–Crippen LogP) is 3.02. The molecule has 88 valence electrons. The van der Waals surface area contributed by atoms with Crippen LogP contribution in [0.2, 0.25) is 0 Å². The van der Waals surface area contributed by atoms with Crippen LogP contribution < -0.4 is 4.74 Å². The highest BCUT2D eigenvalue weighted by Gasteiger charge is 2.13. The number of hydrogen-bond acceptors (Lipinski definition) is 3. The summed E-state index contributed by atoms with van der Waals surface area (Å²) in [6.07, 6.45) is 1.19. The van der Waals surface area contributed by atoms with Crippen molar-refractivity contribution in [3.05, 3.63) is 22.8 Å². The van der Waals surface area contributed by atoms with E-state index in [0.717, 1.165) is 23.1 Å². The van der Waals surface area contributed by atoms with Crippen LogP contribution >= 0.6 is 0 Å². The van der Waals surface area contributed by atoms with Gasteiger partial charge < -0.3 is 9.84 Å². The molecule has 0 heterocycles. The van der Waals surface area contributed by atoms with Crippen molar-refractivity contribution in [3.8, 4) is 11.5 Å². The second-order valence-electron chi connectivity index (χ2n) is 4.02. The van der Waals surface area contributed by atoms with E-state index in [0.29, 0.717) is 12.2 Å². The fourth-order valence-electron chi connectivity index (χ4n) is 1.56. The molecule has 1 rings (SSSR count). The number of carbonyl (C=O) groups is 1. The minimum Gasteiger partial charge on any atom is -0.508 e. The molecule has 3 nitrogen and oxygen atoms in total. The summed E-state index contributed by atoms with van der Waals surface area (Å²) >= 11 is 0. The van der Waals surface area contributed by atoms with Gasteiger partial charge in [-0.15, -0.1) is 0 Å². The molecule has 0 aromatic heterocycles. The summed E-state index contributed by atoms with van der Waals surface area (Å²) in [5.41, 5.74) is 2.36. The Labute approximate surface area is 96.1 Å². The molecule has 1 N–H and O–H groups in total. The van der Waals surface area contributed by atoms with E-state index in [-0.39, 0.29) is 11.7 Å². The van der Waals surface area contributed by atoms with E-state index in [1.54, 1.807) is 13.0 Å². The lowest BCUT2D eigenvalue weighted by Gasteiger charge is -2.13. The van der Waals surface area contributed by atoms with Crippen molar-refractivity contribution in [1.82, 2.24) is 0 Å². The minimum atomic E-state index is -0.223. The van der Waals surface area contributed by atoms with E-state index in [2.05, 4.69) is 0 Å². The van der Waals surface area contributed by atoms with Gasteiger partial charge in [0.2, 0.25) is 0 Å². The Morgan fingerprint density at radius 2 is 1.94 bits per heavy atom. The Bertz CT molecular complexity index is 408. The van der Waals surface area contributed by atoms with Gasteiger partial charge in [-0.2, -0.15) is 0 Å². The molecule has 16 heavy (non-hydrogen) atoms. The van der Waals surface area contributed by atoms with Gasteiger partial charge in [0.05, 0.1) is 0 Å². The first-order valence-corrected chi connectivity index (χ1v) is 5.47. The molecule has 0 aliphatic rings. The van der Waals surface area contributed by atoms with Crippen LogP contribution in [-0.4, -0.2) is 11.1 Å². The predicted molar refractivity (Wildman–Crippen MR) is 62.9 cm³/mol. The van der Waals surface area contributed by atoms with Gasteiger partial charge in [0, 0.05) is 6.42 Å². The molecule has 0 aliphatic heterocycles. The highest BCUT2D eigenvalue weighted by atomic mass is 16.5. The van der Waals surface area contributed by atoms with Crippen LogP contribution in [0.25, 0.3) is 0 Å². The third-order valence-electron chi connectivity index (χ3n) is 2.67. The van der Waals surface area contributed by atoms with E-state index in [1.807, 2.05) is 20.8 Å². The number of hydrogen-bond donors (Lipinski definition) is 1. The summed E-state index contributed by atoms with van der Waals surface area (Å²) in [5, 5.41) is 9.60. The average Bonchev–Trinajstić information content (AvgIpc) is 2.22. The molecule has 0 spiro atoms. The fourth-order valence-corrected chi connectivity index (χ4v) is 1.56. The SMILES string of the molecule is CCCC(=O)Oc1c(C)cc(O)c(C)c1C. The van der Waals surface area contributed by atoms with Gasteiger partial charge in [-0.05, 0) is 49.9 Å². The topological polar surface area (TPSA) is 46.5 Å². The molecule has 0 bridgehead atoms. The summed E-state index contributed by atoms with van der Waals surface area (Å²) < 4.78 is 5.30. The van der Waals surface area contributed by atoms with E-state index < -0.39 is 0 Å². The Morgan fingerprint density at radius 3 is 2.50 bits per heavy atom. The standard InChI is InChI=1S/C13H18O3/c1-5-6-12(15)16-13-8(2)7-11(14)9(3)10(13)4/h7,14H,5-6H2,1-4H3. The molecule has 0 radical (unpaired) electrons. The first-order chi connectivity index (χ1) is 7.47. The van der Waals surface area contributed by atoms with E-state index in [1.165, 1.54) is 0 Å². The van der Waals surface area contributed by atoms with Crippen molar-refractivity contribution < 1.29 is 14.6 Å². The Hall–Kier alpha value is -1.51. The number of carbonyl (C=O) groups excluding carboxylic acids is 1. The number of aryl methyl sites for hydroxylation is 1. The number of benzene rings is 1. The summed E-state index contributed by atoms with van der Waals surface area (Å²) in [6.45, 7) is 7.40. The Balaban J connectivity index is 3.05. The monoisotopic (exact) mass is 222 g/mol. The number of esters is 1. The van der Waals surface area contributed by atoms with Gasteiger partial charge in [0.15, 0.2) is 0 Å². The van der Waals surface area contributed by atoms with Gasteiger partial charge in [-0.1, -0.05) is 6.92 Å². The zero-order valence-corrected chi connectivity index (χ0v) is 10.3. The van der Waals surface area contributed by atoms with Crippen molar-refractivity contribution in [1.29, 1.82) is 0 Å². The van der Waals surface area contributed by atoms with Crippen LogP contribution in [0.15, 0.2) is 6.07 Å². The summed E-state index contributed by atoms with van der Waals surface area (Å²) in [4.78, 5) is 11.4. The van der Waals surface area contributed by atoms with Crippen molar-refractivity contribution in [2.45, 2.75) is 40.5 Å². The van der Waals surface area contributed by atoms with E-state index in [4.69, 9.17) is 4.74 Å². The summed E-state index contributed by atoms with van der Waals surface area (Å²) in [6, 6.07) is 1.62. The Kier molecular flexibility index (Phi) is 3.93. The largest absolute Gasteiger partial charge is 0.508 e. The highest BCUT2D eigenvalue weighted by Crippen LogP contribution is 2.32. The van der Waals surface area contributed by atoms with Crippen LogP contribution in [0.5, 0.6) is 11.5 Å². The smallest absolute Gasteiger partial charge is 0.311 e. The maximum Gasteiger partial charge on any atom is 0.311 e. The number of aromatic hydroxyl groups is 1. The molecule has 1 aromatic carbocycles. The van der Waals surface area contributed by atoms with Crippen molar-refractivity contribution >= 4 is 5.97 Å². The second-order valence-corrected chi connectivity index (χ2v) is 4.02. The average molecular weight is 222 g/mol. The summed E-state index contributed by atoms with van der Waals surface area (Å²) in [5.74, 6) is 0.595. The Morgan fingerprint density at radius 1 is 1.31 bits per heavy atom. The van der Waals surface area contributed by atoms with Crippen LogP contribution in [0.1, 0.15) is 36.5 Å². The lowest BCUT2D eigenvalue weighted by atomic mass is 10.0. The molecular weight excluding hydrogens is 204 g/mol. The number of rotatable bonds is 3. The maximum atomic E-state index is 11.4. The zero-order chi connectivity index (χ0) is 12.3. The molecule has 1 aromatic rings.